The van der Waals surface area contributed by atoms with Gasteiger partial charge in [-0.3, -0.25) is 10.1 Å². The molecule has 0 aliphatic heterocycles. The largest absolute Gasteiger partial charge is 0.464 e. The van der Waals surface area contributed by atoms with Gasteiger partial charge in [0.2, 0.25) is 0 Å². The van der Waals surface area contributed by atoms with Crippen LogP contribution in [0, 0.1) is 10.1 Å². The van der Waals surface area contributed by atoms with Gasteiger partial charge in [-0.05, 0) is 30.5 Å². The number of anilines is 1. The maximum atomic E-state index is 12.0. The van der Waals surface area contributed by atoms with Gasteiger partial charge in [0.25, 0.3) is 5.69 Å². The number of rotatable bonds is 8. The number of hydrogen-bond acceptors (Lipinski definition) is 9. The number of aromatic nitrogens is 2. The van der Waals surface area contributed by atoms with Gasteiger partial charge < -0.3 is 20.3 Å². The van der Waals surface area contributed by atoms with Crippen LogP contribution in [0.3, 0.4) is 0 Å². The minimum Gasteiger partial charge on any atom is -0.464 e. The number of nitro benzene ring substituents is 1. The van der Waals surface area contributed by atoms with Crippen LogP contribution in [0.4, 0.5) is 11.5 Å². The van der Waals surface area contributed by atoms with E-state index in [4.69, 9.17) is 16.3 Å². The number of aliphatic hydroxyl groups excluding tert-OH is 2. The van der Waals surface area contributed by atoms with E-state index in [9.17, 15) is 25.1 Å². The molecule has 1 fully saturated rings. The SMILES string of the molecule is COC(=O)c1nc(C2CC2)nc(N[C@H](CO)[C@H](O)c2ccc([N+](=O)[O-])cc2)c1Cl. The van der Waals surface area contributed by atoms with E-state index < -0.39 is 29.6 Å². The van der Waals surface area contributed by atoms with Crippen molar-refractivity contribution in [2.75, 3.05) is 19.0 Å². The van der Waals surface area contributed by atoms with Gasteiger partial charge in [0.05, 0.1) is 24.7 Å². The highest BCUT2D eigenvalue weighted by Crippen LogP contribution is 2.40. The van der Waals surface area contributed by atoms with Crippen molar-refractivity contribution in [3.8, 4) is 0 Å². The Morgan fingerprint density at radius 2 is 2.03 bits per heavy atom. The van der Waals surface area contributed by atoms with Gasteiger partial charge in [-0.15, -0.1) is 0 Å². The molecule has 2 aromatic rings. The van der Waals surface area contributed by atoms with E-state index in [-0.39, 0.29) is 28.1 Å². The summed E-state index contributed by atoms with van der Waals surface area (Å²) in [5, 5.41) is 33.9. The van der Waals surface area contributed by atoms with E-state index >= 15 is 0 Å². The van der Waals surface area contributed by atoms with Crippen LogP contribution < -0.4 is 5.32 Å². The van der Waals surface area contributed by atoms with Crippen LogP contribution in [0.5, 0.6) is 0 Å². The van der Waals surface area contributed by atoms with Crippen molar-refractivity contribution in [2.45, 2.75) is 30.9 Å². The number of carbonyl (C=O) groups is 1. The zero-order valence-corrected chi connectivity index (χ0v) is 16.2. The highest BCUT2D eigenvalue weighted by molar-refractivity contribution is 6.35. The summed E-state index contributed by atoms with van der Waals surface area (Å²) in [6.07, 6.45) is 0.547. The quantitative estimate of drug-likeness (QED) is 0.330. The summed E-state index contributed by atoms with van der Waals surface area (Å²) in [7, 11) is 1.21. The van der Waals surface area contributed by atoms with Gasteiger partial charge in [-0.1, -0.05) is 11.6 Å². The number of carbonyl (C=O) groups excluding carboxylic acids is 1. The van der Waals surface area contributed by atoms with Gasteiger partial charge >= 0.3 is 5.97 Å². The van der Waals surface area contributed by atoms with Crippen molar-refractivity contribution >= 4 is 29.1 Å². The average molecular weight is 423 g/mol. The first-order valence-corrected chi connectivity index (χ1v) is 9.19. The molecular formula is C18H19ClN4O6. The number of hydrogen-bond donors (Lipinski definition) is 3. The van der Waals surface area contributed by atoms with Gasteiger partial charge in [-0.2, -0.15) is 0 Å². The molecule has 0 spiro atoms. The number of nitrogens with one attached hydrogen (secondary N) is 1. The lowest BCUT2D eigenvalue weighted by Crippen LogP contribution is -2.32. The number of methoxy groups -OCH3 is 1. The molecule has 1 saturated carbocycles. The van der Waals surface area contributed by atoms with Crippen LogP contribution in [0.1, 0.15) is 46.7 Å². The predicted molar refractivity (Wildman–Crippen MR) is 103 cm³/mol. The van der Waals surface area contributed by atoms with Crippen LogP contribution in [0.15, 0.2) is 24.3 Å². The summed E-state index contributed by atoms with van der Waals surface area (Å²) < 4.78 is 4.71. The molecule has 0 bridgehead atoms. The number of aliphatic hydroxyl groups is 2. The number of halogens is 1. The van der Waals surface area contributed by atoms with E-state index in [1.807, 2.05) is 0 Å². The Labute approximate surface area is 170 Å². The molecule has 29 heavy (non-hydrogen) atoms. The highest BCUT2D eigenvalue weighted by Gasteiger charge is 2.31. The Balaban J connectivity index is 1.88. The number of non-ortho nitro benzene ring substituents is 1. The summed E-state index contributed by atoms with van der Waals surface area (Å²) in [4.78, 5) is 30.8. The standard InChI is InChI=1S/C18H19ClN4O6/c1-29-18(26)14-13(19)17(22-16(21-14)10-2-3-10)20-12(8-24)15(25)9-4-6-11(7-5-9)23(27)28/h4-7,10,12,15,24-25H,2-3,8H2,1H3,(H,20,21,22)/t12-,15-/m1/s1. The fourth-order valence-electron chi connectivity index (χ4n) is 2.74. The molecule has 0 saturated heterocycles. The zero-order valence-electron chi connectivity index (χ0n) is 15.4. The molecule has 0 unspecified atom stereocenters. The molecule has 0 amide bonds. The van der Waals surface area contributed by atoms with Crippen molar-refractivity contribution in [2.24, 2.45) is 0 Å². The average Bonchev–Trinajstić information content (AvgIpc) is 3.57. The number of esters is 1. The van der Waals surface area contributed by atoms with Crippen molar-refractivity contribution < 1.29 is 24.7 Å². The first kappa shape index (κ1) is 20.9. The second-order valence-electron chi connectivity index (χ2n) is 6.59. The second-order valence-corrected chi connectivity index (χ2v) is 6.96. The van der Waals surface area contributed by atoms with Crippen LogP contribution in [0.2, 0.25) is 5.02 Å². The molecule has 10 nitrogen and oxygen atoms in total. The Morgan fingerprint density at radius 3 is 2.55 bits per heavy atom. The van der Waals surface area contributed by atoms with Crippen LogP contribution in [-0.4, -0.2) is 50.8 Å². The lowest BCUT2D eigenvalue weighted by atomic mass is 10.0. The van der Waals surface area contributed by atoms with Crippen LogP contribution in [-0.2, 0) is 4.74 Å². The van der Waals surface area contributed by atoms with Gasteiger partial charge in [-0.25, -0.2) is 14.8 Å². The lowest BCUT2D eigenvalue weighted by Gasteiger charge is -2.24. The van der Waals surface area contributed by atoms with Crippen molar-refractivity contribution in [3.63, 3.8) is 0 Å². The molecule has 154 valence electrons. The molecule has 3 rings (SSSR count). The normalized spacial score (nSPS) is 15.4. The Bertz CT molecular complexity index is 919. The van der Waals surface area contributed by atoms with Crippen LogP contribution in [0.25, 0.3) is 0 Å². The first-order chi connectivity index (χ1) is 13.8. The monoisotopic (exact) mass is 422 g/mol. The maximum Gasteiger partial charge on any atom is 0.358 e. The van der Waals surface area contributed by atoms with Gasteiger partial charge in [0, 0.05) is 18.1 Å². The van der Waals surface area contributed by atoms with Crippen molar-refractivity contribution in [3.05, 3.63) is 56.5 Å². The molecule has 11 heteroatoms. The fourth-order valence-corrected chi connectivity index (χ4v) is 2.96. The van der Waals surface area contributed by atoms with E-state index in [0.717, 1.165) is 12.8 Å². The minimum absolute atomic E-state index is 0.0870. The second kappa shape index (κ2) is 8.68. The number of nitrogens with zero attached hydrogens (tertiary/aromatic N) is 3. The molecule has 1 aliphatic rings. The highest BCUT2D eigenvalue weighted by atomic mass is 35.5. The summed E-state index contributed by atoms with van der Waals surface area (Å²) in [5.74, 6) is -0.0926. The molecule has 3 N–H and O–H groups in total. The molecule has 1 aromatic carbocycles. The minimum atomic E-state index is -1.22. The fraction of sp³-hybridized carbons (Fsp3) is 0.389. The van der Waals surface area contributed by atoms with E-state index in [1.54, 1.807) is 0 Å². The maximum absolute atomic E-state index is 12.0. The predicted octanol–water partition coefficient (Wildman–Crippen LogP) is 2.21. The number of ether oxygens (including phenoxy) is 1. The molecule has 2 atom stereocenters. The molecular weight excluding hydrogens is 404 g/mol. The van der Waals surface area contributed by atoms with Gasteiger partial charge in [0.15, 0.2) is 5.69 Å². The Kier molecular flexibility index (Phi) is 6.26. The zero-order chi connectivity index (χ0) is 21.1. The van der Waals surface area contributed by atoms with E-state index in [1.165, 1.54) is 31.4 Å². The summed E-state index contributed by atoms with van der Waals surface area (Å²) >= 11 is 6.26. The third kappa shape index (κ3) is 4.61. The summed E-state index contributed by atoms with van der Waals surface area (Å²) in [6, 6.07) is 4.35. The Hall–Kier alpha value is -2.82. The summed E-state index contributed by atoms with van der Waals surface area (Å²) in [5.41, 5.74) is 0.128. The van der Waals surface area contributed by atoms with Crippen molar-refractivity contribution in [1.29, 1.82) is 0 Å². The Morgan fingerprint density at radius 1 is 1.38 bits per heavy atom. The topological polar surface area (TPSA) is 148 Å². The lowest BCUT2D eigenvalue weighted by molar-refractivity contribution is -0.384. The van der Waals surface area contributed by atoms with Crippen LogP contribution >= 0.6 is 11.6 Å². The molecule has 0 radical (unpaired) electrons. The van der Waals surface area contributed by atoms with E-state index in [2.05, 4.69) is 15.3 Å². The smallest absolute Gasteiger partial charge is 0.358 e. The van der Waals surface area contributed by atoms with E-state index in [0.29, 0.717) is 11.4 Å². The number of nitro groups is 1. The number of benzene rings is 1. The first-order valence-electron chi connectivity index (χ1n) is 8.81. The third-order valence-electron chi connectivity index (χ3n) is 4.54. The molecule has 1 aliphatic carbocycles. The molecule has 1 heterocycles. The summed E-state index contributed by atoms with van der Waals surface area (Å²) in [6.45, 7) is -0.495. The van der Waals surface area contributed by atoms with Gasteiger partial charge in [0.1, 0.15) is 22.8 Å². The third-order valence-corrected chi connectivity index (χ3v) is 4.89. The molecule has 1 aromatic heterocycles. The van der Waals surface area contributed by atoms with Crippen molar-refractivity contribution in [1.82, 2.24) is 9.97 Å².